The van der Waals surface area contributed by atoms with Gasteiger partial charge in [-0.1, -0.05) is 18.2 Å². The van der Waals surface area contributed by atoms with Gasteiger partial charge in [0.2, 0.25) is 11.8 Å². The standard InChI is InChI=1S/C22H27N3O2/c1-13(2)24(5)22(27)16-9-18-17-7-6-8-19-21(17)15(12-25(19)14(3)26)10-20(18)23(4)11-16/h6-9,12-13,16,20H,10-11H2,1-5H3/t16-,20-/m1/s1. The van der Waals surface area contributed by atoms with Crippen LogP contribution in [-0.4, -0.2) is 58.9 Å². The largest absolute Gasteiger partial charge is 0.343 e. The van der Waals surface area contributed by atoms with Gasteiger partial charge in [0.15, 0.2) is 0 Å². The van der Waals surface area contributed by atoms with Crippen LogP contribution in [0.15, 0.2) is 30.5 Å². The molecule has 27 heavy (non-hydrogen) atoms. The lowest BCUT2D eigenvalue weighted by molar-refractivity contribution is -0.134. The number of fused-ring (bicyclic) bond motifs is 2. The van der Waals surface area contributed by atoms with Gasteiger partial charge >= 0.3 is 0 Å². The lowest BCUT2D eigenvalue weighted by Crippen LogP contribution is -2.48. The van der Waals surface area contributed by atoms with Crippen molar-refractivity contribution in [2.24, 2.45) is 5.92 Å². The first kappa shape index (κ1) is 18.0. The molecule has 2 aliphatic rings. The molecule has 2 heterocycles. The summed E-state index contributed by atoms with van der Waals surface area (Å²) in [6, 6.07) is 6.58. The van der Waals surface area contributed by atoms with Gasteiger partial charge in [0, 0.05) is 44.2 Å². The molecule has 1 aliphatic carbocycles. The predicted molar refractivity (Wildman–Crippen MR) is 108 cm³/mol. The summed E-state index contributed by atoms with van der Waals surface area (Å²) in [5, 5.41) is 1.16. The van der Waals surface area contributed by atoms with Crippen LogP contribution in [0.1, 0.15) is 36.7 Å². The van der Waals surface area contributed by atoms with Crippen LogP contribution in [0.2, 0.25) is 0 Å². The third-order valence-corrected chi connectivity index (χ3v) is 6.17. The molecule has 2 aromatic rings. The minimum absolute atomic E-state index is 0.0298. The number of aromatic nitrogens is 1. The van der Waals surface area contributed by atoms with Crippen molar-refractivity contribution in [3.63, 3.8) is 0 Å². The molecule has 0 radical (unpaired) electrons. The molecule has 2 atom stereocenters. The Labute approximate surface area is 160 Å². The average molecular weight is 365 g/mol. The molecular weight excluding hydrogens is 338 g/mol. The first-order valence-electron chi connectivity index (χ1n) is 9.62. The van der Waals surface area contributed by atoms with Gasteiger partial charge in [-0.2, -0.15) is 0 Å². The van der Waals surface area contributed by atoms with Gasteiger partial charge in [0.05, 0.1) is 11.4 Å². The lowest BCUT2D eigenvalue weighted by atomic mass is 9.79. The van der Waals surface area contributed by atoms with Crippen LogP contribution >= 0.6 is 0 Å². The first-order chi connectivity index (χ1) is 12.8. The fraction of sp³-hybridized carbons (Fsp3) is 0.455. The maximum atomic E-state index is 12.9. The Bertz CT molecular complexity index is 969. The molecule has 1 aliphatic heterocycles. The Morgan fingerprint density at radius 1 is 1.26 bits per heavy atom. The molecule has 142 valence electrons. The zero-order valence-corrected chi connectivity index (χ0v) is 16.7. The molecule has 0 unspecified atom stereocenters. The number of carbonyl (C=O) groups excluding carboxylic acids is 2. The van der Waals surface area contributed by atoms with Crippen LogP contribution in [0, 0.1) is 5.92 Å². The van der Waals surface area contributed by atoms with Crippen LogP contribution in [0.4, 0.5) is 0 Å². The van der Waals surface area contributed by atoms with E-state index in [4.69, 9.17) is 0 Å². The highest BCUT2D eigenvalue weighted by molar-refractivity contribution is 6.03. The van der Waals surface area contributed by atoms with Crippen molar-refractivity contribution >= 4 is 28.3 Å². The number of nitrogens with zero attached hydrogens (tertiary/aromatic N) is 3. The molecule has 4 rings (SSSR count). The van der Waals surface area contributed by atoms with Crippen molar-refractivity contribution in [1.29, 1.82) is 0 Å². The summed E-state index contributed by atoms with van der Waals surface area (Å²) in [4.78, 5) is 29.1. The molecule has 0 spiro atoms. The fourth-order valence-electron chi connectivity index (χ4n) is 4.49. The van der Waals surface area contributed by atoms with Crippen LogP contribution in [-0.2, 0) is 11.2 Å². The quantitative estimate of drug-likeness (QED) is 0.822. The monoisotopic (exact) mass is 365 g/mol. The summed E-state index contributed by atoms with van der Waals surface area (Å²) in [5.41, 5.74) is 4.56. The summed E-state index contributed by atoms with van der Waals surface area (Å²) in [6.07, 6.45) is 5.04. The van der Waals surface area contributed by atoms with Crippen molar-refractivity contribution in [3.8, 4) is 0 Å². The van der Waals surface area contributed by atoms with Crippen molar-refractivity contribution in [1.82, 2.24) is 14.4 Å². The minimum Gasteiger partial charge on any atom is -0.343 e. The van der Waals surface area contributed by atoms with Crippen molar-refractivity contribution in [3.05, 3.63) is 41.6 Å². The maximum absolute atomic E-state index is 12.9. The summed E-state index contributed by atoms with van der Waals surface area (Å²) in [5.74, 6) is 0.0599. The molecule has 1 aromatic carbocycles. The second-order valence-corrected chi connectivity index (χ2v) is 8.17. The van der Waals surface area contributed by atoms with E-state index < -0.39 is 0 Å². The number of rotatable bonds is 2. The van der Waals surface area contributed by atoms with E-state index in [1.807, 2.05) is 44.1 Å². The Morgan fingerprint density at radius 3 is 2.67 bits per heavy atom. The summed E-state index contributed by atoms with van der Waals surface area (Å²) < 4.78 is 1.75. The van der Waals surface area contributed by atoms with Crippen molar-refractivity contribution in [2.45, 2.75) is 39.3 Å². The van der Waals surface area contributed by atoms with Crippen molar-refractivity contribution in [2.75, 3.05) is 20.6 Å². The highest BCUT2D eigenvalue weighted by Gasteiger charge is 2.37. The summed E-state index contributed by atoms with van der Waals surface area (Å²) in [6.45, 7) is 6.41. The number of benzene rings is 1. The predicted octanol–water partition coefficient (Wildman–Crippen LogP) is 3.04. The topological polar surface area (TPSA) is 45.6 Å². The van der Waals surface area contributed by atoms with Gasteiger partial charge < -0.3 is 4.90 Å². The smallest absolute Gasteiger partial charge is 0.230 e. The van der Waals surface area contributed by atoms with Gasteiger partial charge in [-0.3, -0.25) is 19.1 Å². The van der Waals surface area contributed by atoms with Crippen LogP contribution in [0.25, 0.3) is 16.5 Å². The molecule has 0 N–H and O–H groups in total. The second-order valence-electron chi connectivity index (χ2n) is 8.17. The Kier molecular flexibility index (Phi) is 4.22. The van der Waals surface area contributed by atoms with Gasteiger partial charge in [-0.05, 0) is 50.1 Å². The zero-order valence-electron chi connectivity index (χ0n) is 16.7. The van der Waals surface area contributed by atoms with Gasteiger partial charge in [-0.25, -0.2) is 0 Å². The van der Waals surface area contributed by atoms with Gasteiger partial charge in [-0.15, -0.1) is 0 Å². The van der Waals surface area contributed by atoms with E-state index in [-0.39, 0.29) is 29.8 Å². The summed E-state index contributed by atoms with van der Waals surface area (Å²) in [7, 11) is 3.98. The van der Waals surface area contributed by atoms with E-state index >= 15 is 0 Å². The Balaban J connectivity index is 1.85. The Hall–Kier alpha value is -2.40. The third-order valence-electron chi connectivity index (χ3n) is 6.17. The number of carbonyl (C=O) groups is 2. The van der Waals surface area contributed by atoms with E-state index in [9.17, 15) is 9.59 Å². The highest BCUT2D eigenvalue weighted by atomic mass is 16.2. The lowest BCUT2D eigenvalue weighted by Gasteiger charge is -2.40. The third kappa shape index (κ3) is 2.72. The molecule has 0 bridgehead atoms. The number of hydrogen-bond donors (Lipinski definition) is 0. The summed E-state index contributed by atoms with van der Waals surface area (Å²) >= 11 is 0. The molecule has 0 fully saturated rings. The maximum Gasteiger partial charge on any atom is 0.230 e. The molecule has 5 heteroatoms. The van der Waals surface area contributed by atoms with Gasteiger partial charge in [0.25, 0.3) is 0 Å². The van der Waals surface area contributed by atoms with Crippen LogP contribution in [0.3, 0.4) is 0 Å². The average Bonchev–Trinajstić information content (AvgIpc) is 3.01. The number of amides is 1. The second kappa shape index (κ2) is 6.34. The molecule has 0 saturated carbocycles. The number of likely N-dealkylation sites (N-methyl/N-ethyl adjacent to an activating group) is 1. The highest BCUT2D eigenvalue weighted by Crippen LogP contribution is 2.41. The van der Waals surface area contributed by atoms with E-state index in [0.717, 1.165) is 29.4 Å². The van der Waals surface area contributed by atoms with Crippen LogP contribution in [0.5, 0.6) is 0 Å². The van der Waals surface area contributed by atoms with E-state index in [0.29, 0.717) is 0 Å². The van der Waals surface area contributed by atoms with E-state index in [1.165, 1.54) is 11.1 Å². The Morgan fingerprint density at radius 2 is 2.00 bits per heavy atom. The zero-order chi connectivity index (χ0) is 19.5. The molecule has 5 nitrogen and oxygen atoms in total. The molecule has 0 saturated heterocycles. The fourth-order valence-corrected chi connectivity index (χ4v) is 4.49. The van der Waals surface area contributed by atoms with E-state index in [1.54, 1.807) is 11.5 Å². The van der Waals surface area contributed by atoms with E-state index in [2.05, 4.69) is 24.1 Å². The minimum atomic E-state index is -0.139. The molecule has 1 amide bonds. The number of hydrogen-bond acceptors (Lipinski definition) is 3. The normalized spacial score (nSPS) is 21.9. The first-order valence-corrected chi connectivity index (χ1v) is 9.62. The molecule has 1 aromatic heterocycles. The van der Waals surface area contributed by atoms with Gasteiger partial charge in [0.1, 0.15) is 0 Å². The van der Waals surface area contributed by atoms with Crippen LogP contribution < -0.4 is 0 Å². The molecular formula is C22H27N3O2. The van der Waals surface area contributed by atoms with Crippen molar-refractivity contribution < 1.29 is 9.59 Å². The SMILES string of the molecule is CC(=O)n1cc2c3c(cccc31)C1=C[C@@H](C(=O)N(C)C(C)C)CN(C)[C@@H]1C2.